The van der Waals surface area contributed by atoms with Gasteiger partial charge in [0.15, 0.2) is 0 Å². The third kappa shape index (κ3) is 8.90. The minimum absolute atomic E-state index is 0.0377. The van der Waals surface area contributed by atoms with E-state index in [-0.39, 0.29) is 52.8 Å². The smallest absolute Gasteiger partial charge is 0.255 e. The summed E-state index contributed by atoms with van der Waals surface area (Å²) in [6, 6.07) is 23.6. The first-order valence-electron chi connectivity index (χ1n) is 14.7. The summed E-state index contributed by atoms with van der Waals surface area (Å²) < 4.78 is 41.9. The molecule has 2 amide bonds. The van der Waals surface area contributed by atoms with Crippen molar-refractivity contribution in [3.8, 4) is 0 Å². The molecule has 4 aromatic rings. The van der Waals surface area contributed by atoms with Gasteiger partial charge in [0, 0.05) is 29.9 Å². The van der Waals surface area contributed by atoms with Crippen molar-refractivity contribution in [3.63, 3.8) is 0 Å². The van der Waals surface area contributed by atoms with Crippen LogP contribution in [-0.2, 0) is 16.4 Å². The quantitative estimate of drug-likeness (QED) is 0.135. The number of aliphatic hydroxyl groups is 1. The van der Waals surface area contributed by atoms with Crippen LogP contribution in [0.1, 0.15) is 40.1 Å². The first kappa shape index (κ1) is 34.1. The molecule has 2 atom stereocenters. The number of carbonyl (C=O) groups is 2. The Kier molecular flexibility index (Phi) is 11.1. The van der Waals surface area contributed by atoms with E-state index in [1.54, 1.807) is 0 Å². The molecule has 7 N–H and O–H groups in total. The SMILES string of the molecule is CC(C)CN(CC(O)C(Cc1ccccc1)NC(=O)c1cccc(C(=O)Nc2ccc(F)cc2N)c1)S(=O)(=O)c1ccc(N)cc1. The number of nitrogens with zero attached hydrogens (tertiary/aromatic N) is 1. The van der Waals surface area contributed by atoms with Crippen molar-refractivity contribution in [2.45, 2.75) is 37.3 Å². The molecular formula is C34H38FN5O5S. The molecule has 0 aliphatic rings. The molecule has 0 heterocycles. The maximum absolute atomic E-state index is 13.6. The molecule has 0 aliphatic carbocycles. The fraction of sp³-hybridized carbons (Fsp3) is 0.235. The number of nitrogens with two attached hydrogens (primary N) is 2. The summed E-state index contributed by atoms with van der Waals surface area (Å²) in [6.07, 6.45) is -1.10. The molecule has 4 rings (SSSR count). The highest BCUT2D eigenvalue weighted by Crippen LogP contribution is 2.22. The van der Waals surface area contributed by atoms with E-state index in [2.05, 4.69) is 10.6 Å². The zero-order chi connectivity index (χ0) is 33.4. The number of anilines is 3. The topological polar surface area (TPSA) is 168 Å². The van der Waals surface area contributed by atoms with Crippen LogP contribution in [0, 0.1) is 11.7 Å². The molecule has 0 spiro atoms. The molecule has 10 nitrogen and oxygen atoms in total. The Hall–Kier alpha value is -4.78. The molecule has 0 aliphatic heterocycles. The Labute approximate surface area is 268 Å². The molecule has 2 unspecified atom stereocenters. The van der Waals surface area contributed by atoms with Gasteiger partial charge in [-0.25, -0.2) is 12.8 Å². The lowest BCUT2D eigenvalue weighted by molar-refractivity contribution is 0.0776. The zero-order valence-corrected chi connectivity index (χ0v) is 26.4. The molecular weight excluding hydrogens is 609 g/mol. The van der Waals surface area contributed by atoms with Gasteiger partial charge in [0.2, 0.25) is 10.0 Å². The Bertz CT molecular complexity index is 1770. The van der Waals surface area contributed by atoms with E-state index in [9.17, 15) is 27.5 Å². The van der Waals surface area contributed by atoms with Gasteiger partial charge in [-0.3, -0.25) is 9.59 Å². The summed E-state index contributed by atoms with van der Waals surface area (Å²) in [6.45, 7) is 3.58. The van der Waals surface area contributed by atoms with Crippen LogP contribution in [0.2, 0.25) is 0 Å². The van der Waals surface area contributed by atoms with Gasteiger partial charge in [0.1, 0.15) is 5.82 Å². The minimum atomic E-state index is -4.01. The molecule has 4 aromatic carbocycles. The molecule has 0 bridgehead atoms. The van der Waals surface area contributed by atoms with E-state index in [1.807, 2.05) is 44.2 Å². The van der Waals surface area contributed by atoms with E-state index in [0.29, 0.717) is 5.69 Å². The van der Waals surface area contributed by atoms with E-state index < -0.39 is 39.8 Å². The average Bonchev–Trinajstić information content (AvgIpc) is 3.02. The lowest BCUT2D eigenvalue weighted by Crippen LogP contribution is -2.51. The number of hydrogen-bond acceptors (Lipinski definition) is 7. The number of benzene rings is 4. The number of nitrogen functional groups attached to an aromatic ring is 2. The van der Waals surface area contributed by atoms with Crippen LogP contribution in [0.5, 0.6) is 0 Å². The second-order valence-corrected chi connectivity index (χ2v) is 13.3. The number of rotatable bonds is 13. The normalized spacial score (nSPS) is 12.9. The predicted molar refractivity (Wildman–Crippen MR) is 177 cm³/mol. The first-order chi connectivity index (χ1) is 21.8. The fourth-order valence-corrected chi connectivity index (χ4v) is 6.47. The lowest BCUT2D eigenvalue weighted by atomic mass is 10.00. The van der Waals surface area contributed by atoms with E-state index in [4.69, 9.17) is 11.5 Å². The van der Waals surface area contributed by atoms with Gasteiger partial charge in [-0.1, -0.05) is 50.2 Å². The molecule has 0 saturated carbocycles. The molecule has 0 saturated heterocycles. The zero-order valence-electron chi connectivity index (χ0n) is 25.6. The second kappa shape index (κ2) is 15.0. The third-order valence-electron chi connectivity index (χ3n) is 7.21. The van der Waals surface area contributed by atoms with Crippen LogP contribution in [0.25, 0.3) is 0 Å². The minimum Gasteiger partial charge on any atom is -0.399 e. The largest absolute Gasteiger partial charge is 0.399 e. The van der Waals surface area contributed by atoms with Crippen molar-refractivity contribution in [1.82, 2.24) is 9.62 Å². The molecule has 242 valence electrons. The summed E-state index contributed by atoms with van der Waals surface area (Å²) in [7, 11) is -4.01. The average molecular weight is 648 g/mol. The fourth-order valence-electron chi connectivity index (χ4n) is 4.85. The second-order valence-electron chi connectivity index (χ2n) is 11.4. The summed E-state index contributed by atoms with van der Waals surface area (Å²) in [5, 5.41) is 17.0. The summed E-state index contributed by atoms with van der Waals surface area (Å²) in [5.41, 5.74) is 13.3. The number of hydrogen-bond donors (Lipinski definition) is 5. The highest BCUT2D eigenvalue weighted by molar-refractivity contribution is 7.89. The van der Waals surface area contributed by atoms with Gasteiger partial charge in [0.25, 0.3) is 11.8 Å². The van der Waals surface area contributed by atoms with E-state index >= 15 is 0 Å². The van der Waals surface area contributed by atoms with Crippen LogP contribution >= 0.6 is 0 Å². The molecule has 0 fully saturated rings. The monoisotopic (exact) mass is 647 g/mol. The number of nitrogens with one attached hydrogen (secondary N) is 2. The number of sulfonamides is 1. The Morgan fingerprint density at radius 2 is 1.50 bits per heavy atom. The molecule has 12 heteroatoms. The van der Waals surface area contributed by atoms with Crippen LogP contribution < -0.4 is 22.1 Å². The van der Waals surface area contributed by atoms with Crippen LogP contribution in [0.15, 0.2) is 102 Å². The highest BCUT2D eigenvalue weighted by atomic mass is 32.2. The molecule has 0 aromatic heterocycles. The maximum atomic E-state index is 13.6. The van der Waals surface area contributed by atoms with Crippen LogP contribution in [0.4, 0.5) is 21.5 Å². The standard InChI is InChI=1S/C34H38FN5O5S/c1-22(2)20-40(46(44,45)28-14-12-27(36)13-15-28)21-32(41)31(17-23-7-4-3-5-8-23)39-34(43)25-10-6-9-24(18-25)33(42)38-30-16-11-26(35)19-29(30)37/h3-16,18-19,22,31-32,41H,17,20-21,36-37H2,1-2H3,(H,38,42)(H,39,43). The highest BCUT2D eigenvalue weighted by Gasteiger charge is 2.31. The number of aliphatic hydroxyl groups excluding tert-OH is 1. The first-order valence-corrected chi connectivity index (χ1v) is 16.1. The van der Waals surface area contributed by atoms with Gasteiger partial charge < -0.3 is 27.2 Å². The van der Waals surface area contributed by atoms with Gasteiger partial charge in [-0.2, -0.15) is 4.31 Å². The van der Waals surface area contributed by atoms with Crippen molar-refractivity contribution >= 4 is 38.9 Å². The summed E-state index contributed by atoms with van der Waals surface area (Å²) in [4.78, 5) is 26.5. The van der Waals surface area contributed by atoms with Crippen molar-refractivity contribution < 1.29 is 27.5 Å². The van der Waals surface area contributed by atoms with Crippen molar-refractivity contribution in [2.75, 3.05) is 29.9 Å². The van der Waals surface area contributed by atoms with Crippen LogP contribution in [-0.4, -0.2) is 54.9 Å². The number of carbonyl (C=O) groups excluding carboxylic acids is 2. The predicted octanol–water partition coefficient (Wildman–Crippen LogP) is 4.29. The molecule has 0 radical (unpaired) electrons. The summed E-state index contributed by atoms with van der Waals surface area (Å²) in [5.74, 6) is -1.74. The summed E-state index contributed by atoms with van der Waals surface area (Å²) >= 11 is 0. The lowest BCUT2D eigenvalue weighted by Gasteiger charge is -2.31. The van der Waals surface area contributed by atoms with Crippen LogP contribution in [0.3, 0.4) is 0 Å². The van der Waals surface area contributed by atoms with Crippen molar-refractivity contribution in [1.29, 1.82) is 0 Å². The Balaban J connectivity index is 1.57. The number of amides is 2. The molecule has 46 heavy (non-hydrogen) atoms. The third-order valence-corrected chi connectivity index (χ3v) is 9.05. The Morgan fingerprint density at radius 3 is 2.13 bits per heavy atom. The van der Waals surface area contributed by atoms with Gasteiger partial charge in [0.05, 0.1) is 28.4 Å². The number of halogens is 1. The van der Waals surface area contributed by atoms with Crippen molar-refractivity contribution in [3.05, 3.63) is 120 Å². The van der Waals surface area contributed by atoms with Gasteiger partial charge in [-0.05, 0) is 78.6 Å². The van der Waals surface area contributed by atoms with Gasteiger partial charge >= 0.3 is 0 Å². The van der Waals surface area contributed by atoms with E-state index in [1.165, 1.54) is 58.9 Å². The van der Waals surface area contributed by atoms with E-state index in [0.717, 1.165) is 17.7 Å². The van der Waals surface area contributed by atoms with Gasteiger partial charge in [-0.15, -0.1) is 0 Å². The maximum Gasteiger partial charge on any atom is 0.255 e. The van der Waals surface area contributed by atoms with Crippen molar-refractivity contribution in [2.24, 2.45) is 5.92 Å². The Morgan fingerprint density at radius 1 is 0.848 bits per heavy atom.